The monoisotopic (exact) mass is 360 g/mol. The topological polar surface area (TPSA) is 46.3 Å². The molecule has 1 fully saturated rings. The molecular formula is C23H24N2O2. The molecule has 2 aliphatic rings. The van der Waals surface area contributed by atoms with Crippen LogP contribution in [0.15, 0.2) is 52.9 Å². The highest BCUT2D eigenvalue weighted by molar-refractivity contribution is 5.84. The van der Waals surface area contributed by atoms with E-state index in [-0.39, 0.29) is 17.7 Å². The first-order chi connectivity index (χ1) is 13.3. The van der Waals surface area contributed by atoms with Crippen molar-refractivity contribution in [1.29, 1.82) is 0 Å². The Morgan fingerprint density at radius 2 is 1.89 bits per heavy atom. The molecule has 4 nitrogen and oxygen atoms in total. The van der Waals surface area contributed by atoms with E-state index in [1.54, 1.807) is 0 Å². The van der Waals surface area contributed by atoms with E-state index in [0.717, 1.165) is 55.6 Å². The zero-order valence-electron chi connectivity index (χ0n) is 15.4. The van der Waals surface area contributed by atoms with Crippen molar-refractivity contribution >= 4 is 17.0 Å². The van der Waals surface area contributed by atoms with E-state index < -0.39 is 0 Å². The van der Waals surface area contributed by atoms with Crippen LogP contribution < -0.4 is 0 Å². The number of aryl methyl sites for hydroxylation is 1. The number of carbonyl (C=O) groups excluding carboxylic acids is 1. The smallest absolute Gasteiger partial charge is 0.230 e. The first-order valence-electron chi connectivity index (χ1n) is 10.0. The molecular weight excluding hydrogens is 336 g/mol. The van der Waals surface area contributed by atoms with Gasteiger partial charge in [-0.3, -0.25) is 4.79 Å². The number of para-hydroxylation sites is 2. The summed E-state index contributed by atoms with van der Waals surface area (Å²) in [6.45, 7) is 1.55. The van der Waals surface area contributed by atoms with Gasteiger partial charge in [0.1, 0.15) is 5.52 Å². The molecule has 1 aliphatic carbocycles. The van der Waals surface area contributed by atoms with Gasteiger partial charge in [0.05, 0.1) is 11.8 Å². The Morgan fingerprint density at radius 1 is 1.04 bits per heavy atom. The third kappa shape index (κ3) is 3.03. The van der Waals surface area contributed by atoms with Gasteiger partial charge in [-0.25, -0.2) is 4.98 Å². The highest BCUT2D eigenvalue weighted by atomic mass is 16.3. The number of fused-ring (bicyclic) bond motifs is 2. The zero-order valence-corrected chi connectivity index (χ0v) is 15.4. The second-order valence-corrected chi connectivity index (χ2v) is 7.79. The van der Waals surface area contributed by atoms with Crippen LogP contribution in [-0.2, 0) is 11.2 Å². The molecule has 27 heavy (non-hydrogen) atoms. The Balaban J connectivity index is 1.37. The van der Waals surface area contributed by atoms with Crippen molar-refractivity contribution in [2.24, 2.45) is 0 Å². The lowest BCUT2D eigenvalue weighted by molar-refractivity contribution is -0.134. The molecule has 4 heteroatoms. The van der Waals surface area contributed by atoms with Crippen molar-refractivity contribution in [1.82, 2.24) is 9.88 Å². The summed E-state index contributed by atoms with van der Waals surface area (Å²) < 4.78 is 5.99. The van der Waals surface area contributed by atoms with Gasteiger partial charge < -0.3 is 9.32 Å². The third-order valence-corrected chi connectivity index (χ3v) is 6.06. The maximum atomic E-state index is 13.3. The second-order valence-electron chi connectivity index (χ2n) is 7.79. The van der Waals surface area contributed by atoms with Gasteiger partial charge in [0.25, 0.3) is 0 Å². The molecule has 1 aliphatic heterocycles. The lowest BCUT2D eigenvalue weighted by atomic mass is 9.81. The van der Waals surface area contributed by atoms with Crippen LogP contribution in [0.2, 0.25) is 0 Å². The molecule has 5 rings (SSSR count). The molecule has 1 amide bonds. The van der Waals surface area contributed by atoms with Gasteiger partial charge in [-0.05, 0) is 55.4 Å². The number of benzene rings is 2. The fourth-order valence-corrected chi connectivity index (χ4v) is 4.67. The van der Waals surface area contributed by atoms with Crippen LogP contribution in [0.3, 0.4) is 0 Å². The molecule has 2 heterocycles. The highest BCUT2D eigenvalue weighted by Crippen LogP contribution is 2.35. The van der Waals surface area contributed by atoms with Crippen LogP contribution >= 0.6 is 0 Å². The van der Waals surface area contributed by atoms with Gasteiger partial charge in [-0.2, -0.15) is 0 Å². The lowest BCUT2D eigenvalue weighted by Crippen LogP contribution is -2.42. The number of piperidine rings is 1. The van der Waals surface area contributed by atoms with Crippen LogP contribution in [-0.4, -0.2) is 28.9 Å². The van der Waals surface area contributed by atoms with E-state index in [1.807, 2.05) is 24.3 Å². The van der Waals surface area contributed by atoms with Crippen molar-refractivity contribution in [2.45, 2.75) is 43.9 Å². The molecule has 1 aromatic heterocycles. The molecule has 0 bridgehead atoms. The number of oxazole rings is 1. The number of amides is 1. The number of likely N-dealkylation sites (tertiary alicyclic amines) is 1. The van der Waals surface area contributed by atoms with E-state index in [2.05, 4.69) is 34.1 Å². The summed E-state index contributed by atoms with van der Waals surface area (Å²) >= 11 is 0. The van der Waals surface area contributed by atoms with Crippen LogP contribution in [0.5, 0.6) is 0 Å². The number of rotatable bonds is 2. The van der Waals surface area contributed by atoms with Crippen molar-refractivity contribution in [3.05, 3.63) is 65.5 Å². The maximum Gasteiger partial charge on any atom is 0.230 e. The largest absolute Gasteiger partial charge is 0.440 e. The Labute approximate surface area is 159 Å². The van der Waals surface area contributed by atoms with Gasteiger partial charge in [0.2, 0.25) is 5.91 Å². The average Bonchev–Trinajstić information content (AvgIpc) is 3.17. The zero-order chi connectivity index (χ0) is 18.2. The van der Waals surface area contributed by atoms with Gasteiger partial charge >= 0.3 is 0 Å². The van der Waals surface area contributed by atoms with Crippen LogP contribution in [0.4, 0.5) is 0 Å². The first-order valence-corrected chi connectivity index (χ1v) is 10.0. The molecule has 0 saturated carbocycles. The van der Waals surface area contributed by atoms with E-state index in [4.69, 9.17) is 4.42 Å². The fraction of sp³-hybridized carbons (Fsp3) is 0.391. The van der Waals surface area contributed by atoms with Crippen LogP contribution in [0.25, 0.3) is 11.1 Å². The molecule has 2 aromatic carbocycles. The summed E-state index contributed by atoms with van der Waals surface area (Å²) in [6.07, 6.45) is 5.17. The molecule has 0 spiro atoms. The standard InChI is InChI=1S/C23H24N2O2/c26-23(19-11-5-8-16-7-1-2-10-18(16)19)25-14-6-9-17(15-25)22-24-20-12-3-4-13-21(20)27-22/h1-4,7,10,12-13,17,19H,5-6,8-9,11,14-15H2/t17-,19+/m0/s1. The molecule has 138 valence electrons. The molecule has 3 aromatic rings. The summed E-state index contributed by atoms with van der Waals surface area (Å²) in [5.41, 5.74) is 4.31. The quantitative estimate of drug-likeness (QED) is 0.668. The molecule has 0 N–H and O–H groups in total. The predicted molar refractivity (Wildman–Crippen MR) is 105 cm³/mol. The Kier molecular flexibility index (Phi) is 4.19. The Morgan fingerprint density at radius 3 is 2.81 bits per heavy atom. The summed E-state index contributed by atoms with van der Waals surface area (Å²) in [5, 5.41) is 0. The number of aromatic nitrogens is 1. The minimum Gasteiger partial charge on any atom is -0.440 e. The Hall–Kier alpha value is -2.62. The minimum absolute atomic E-state index is 0.0114. The van der Waals surface area contributed by atoms with Gasteiger partial charge in [0, 0.05) is 13.1 Å². The van der Waals surface area contributed by atoms with Crippen LogP contribution in [0.1, 0.15) is 54.5 Å². The number of carbonyl (C=O) groups is 1. The average molecular weight is 360 g/mol. The number of hydrogen-bond donors (Lipinski definition) is 0. The molecule has 0 radical (unpaired) electrons. The van der Waals surface area contributed by atoms with E-state index in [9.17, 15) is 4.79 Å². The SMILES string of the molecule is O=C([C@@H]1CCCc2ccccc21)N1CCC[C@H](c2nc3ccccc3o2)C1. The van der Waals surface area contributed by atoms with Crippen molar-refractivity contribution in [3.8, 4) is 0 Å². The van der Waals surface area contributed by atoms with E-state index in [1.165, 1.54) is 11.1 Å². The summed E-state index contributed by atoms with van der Waals surface area (Å²) in [5.74, 6) is 1.26. The number of hydrogen-bond acceptors (Lipinski definition) is 3. The fourth-order valence-electron chi connectivity index (χ4n) is 4.67. The van der Waals surface area contributed by atoms with E-state index >= 15 is 0 Å². The number of nitrogens with zero attached hydrogens (tertiary/aromatic N) is 2. The van der Waals surface area contributed by atoms with Crippen molar-refractivity contribution in [3.63, 3.8) is 0 Å². The highest BCUT2D eigenvalue weighted by Gasteiger charge is 2.34. The Bertz CT molecular complexity index is 944. The maximum absolute atomic E-state index is 13.3. The predicted octanol–water partition coefficient (Wildman–Crippen LogP) is 4.65. The van der Waals surface area contributed by atoms with Crippen molar-refractivity contribution < 1.29 is 9.21 Å². The van der Waals surface area contributed by atoms with Gasteiger partial charge in [-0.1, -0.05) is 36.4 Å². The lowest BCUT2D eigenvalue weighted by Gasteiger charge is -2.35. The molecule has 2 atom stereocenters. The van der Waals surface area contributed by atoms with Gasteiger partial charge in [-0.15, -0.1) is 0 Å². The minimum atomic E-state index is 0.0114. The first kappa shape index (κ1) is 16.5. The molecule has 0 unspecified atom stereocenters. The van der Waals surface area contributed by atoms with E-state index in [0.29, 0.717) is 6.54 Å². The third-order valence-electron chi connectivity index (χ3n) is 6.06. The van der Waals surface area contributed by atoms with Gasteiger partial charge in [0.15, 0.2) is 11.5 Å². The second kappa shape index (κ2) is 6.84. The van der Waals surface area contributed by atoms with Crippen LogP contribution in [0, 0.1) is 0 Å². The summed E-state index contributed by atoms with van der Waals surface area (Å²) in [6, 6.07) is 16.3. The molecule has 1 saturated heterocycles. The van der Waals surface area contributed by atoms with Crippen molar-refractivity contribution in [2.75, 3.05) is 13.1 Å². The summed E-state index contributed by atoms with van der Waals surface area (Å²) in [4.78, 5) is 20.1. The normalized spacial score (nSPS) is 22.6. The summed E-state index contributed by atoms with van der Waals surface area (Å²) in [7, 11) is 0.